The molecule has 0 saturated carbocycles. The van der Waals surface area contributed by atoms with Crippen molar-refractivity contribution in [1.29, 1.82) is 0 Å². The molecule has 0 N–H and O–H groups in total. The molecule has 2 aromatic heterocycles. The minimum Gasteiger partial charge on any atom is -0.345 e. The number of thiazole rings is 2. The highest BCUT2D eigenvalue weighted by Crippen LogP contribution is 2.25. The van der Waals surface area contributed by atoms with Crippen LogP contribution in [0.3, 0.4) is 0 Å². The van der Waals surface area contributed by atoms with E-state index in [2.05, 4.69) is 46.5 Å². The van der Waals surface area contributed by atoms with Crippen LogP contribution in [0, 0.1) is 0 Å². The van der Waals surface area contributed by atoms with Crippen molar-refractivity contribution >= 4 is 27.8 Å². The molecule has 0 radical (unpaired) electrons. The second-order valence-corrected chi connectivity index (χ2v) is 6.60. The quantitative estimate of drug-likeness (QED) is 0.696. The highest BCUT2D eigenvalue weighted by molar-refractivity contribution is 7.13. The Bertz CT molecular complexity index is 687. The maximum absolute atomic E-state index is 4.74. The largest absolute Gasteiger partial charge is 0.345 e. The maximum Gasteiger partial charge on any atom is 0.185 e. The molecular formula is C16H17N3S2. The smallest absolute Gasteiger partial charge is 0.185 e. The van der Waals surface area contributed by atoms with Crippen molar-refractivity contribution in [3.63, 3.8) is 0 Å². The van der Waals surface area contributed by atoms with E-state index in [-0.39, 0.29) is 0 Å². The van der Waals surface area contributed by atoms with Crippen LogP contribution in [0.15, 0.2) is 41.2 Å². The van der Waals surface area contributed by atoms with Crippen LogP contribution in [0.2, 0.25) is 0 Å². The Hall–Kier alpha value is -1.72. The highest BCUT2D eigenvalue weighted by Gasteiger charge is 2.09. The second-order valence-electron chi connectivity index (χ2n) is 4.87. The zero-order valence-electron chi connectivity index (χ0n) is 12.1. The summed E-state index contributed by atoms with van der Waals surface area (Å²) in [4.78, 5) is 11.2. The predicted octanol–water partition coefficient (Wildman–Crippen LogP) is 4.47. The number of hydrogen-bond donors (Lipinski definition) is 0. The molecule has 108 valence electrons. The first-order valence-corrected chi connectivity index (χ1v) is 8.66. The number of hydrogen-bond acceptors (Lipinski definition) is 5. The van der Waals surface area contributed by atoms with Gasteiger partial charge in [-0.15, -0.1) is 22.7 Å². The van der Waals surface area contributed by atoms with Crippen molar-refractivity contribution in [1.82, 2.24) is 9.97 Å². The molecule has 0 bridgehead atoms. The minimum absolute atomic E-state index is 0.789. The predicted molar refractivity (Wildman–Crippen MR) is 91.1 cm³/mol. The molecule has 0 atom stereocenters. The Balaban J connectivity index is 1.73. The van der Waals surface area contributed by atoms with Crippen LogP contribution in [0.5, 0.6) is 0 Å². The van der Waals surface area contributed by atoms with Crippen LogP contribution < -0.4 is 4.90 Å². The van der Waals surface area contributed by atoms with E-state index in [0.29, 0.717) is 0 Å². The van der Waals surface area contributed by atoms with Crippen molar-refractivity contribution < 1.29 is 0 Å². The van der Waals surface area contributed by atoms with E-state index < -0.39 is 0 Å². The van der Waals surface area contributed by atoms with Gasteiger partial charge in [0.05, 0.1) is 12.2 Å². The molecule has 0 aliphatic rings. The first-order valence-electron chi connectivity index (χ1n) is 6.90. The fourth-order valence-electron chi connectivity index (χ4n) is 2.11. The molecule has 2 heterocycles. The van der Waals surface area contributed by atoms with Gasteiger partial charge in [0.25, 0.3) is 0 Å². The van der Waals surface area contributed by atoms with E-state index >= 15 is 0 Å². The average Bonchev–Trinajstić information content (AvgIpc) is 3.19. The molecular weight excluding hydrogens is 298 g/mol. The SMILES string of the molecule is CCc1ccc(-c2nc(CN(C)c3nccs3)cs2)cc1. The summed E-state index contributed by atoms with van der Waals surface area (Å²) in [5.41, 5.74) is 3.65. The van der Waals surface area contributed by atoms with Crippen LogP contribution in [-0.2, 0) is 13.0 Å². The van der Waals surface area contributed by atoms with Gasteiger partial charge in [0.15, 0.2) is 5.13 Å². The number of rotatable bonds is 5. The highest BCUT2D eigenvalue weighted by atomic mass is 32.1. The normalized spacial score (nSPS) is 10.8. The summed E-state index contributed by atoms with van der Waals surface area (Å²) in [5, 5.41) is 6.23. The van der Waals surface area contributed by atoms with Gasteiger partial charge in [0.2, 0.25) is 0 Å². The molecule has 0 unspecified atom stereocenters. The molecule has 0 spiro atoms. The summed E-state index contributed by atoms with van der Waals surface area (Å²) in [7, 11) is 2.05. The molecule has 0 aliphatic heterocycles. The topological polar surface area (TPSA) is 29.0 Å². The Labute approximate surface area is 132 Å². The lowest BCUT2D eigenvalue weighted by Crippen LogP contribution is -2.16. The number of aromatic nitrogens is 2. The Morgan fingerprint density at radius 3 is 2.62 bits per heavy atom. The Morgan fingerprint density at radius 1 is 1.14 bits per heavy atom. The lowest BCUT2D eigenvalue weighted by atomic mass is 10.1. The van der Waals surface area contributed by atoms with Gasteiger partial charge in [-0.2, -0.15) is 0 Å². The van der Waals surface area contributed by atoms with Crippen LogP contribution in [-0.4, -0.2) is 17.0 Å². The zero-order chi connectivity index (χ0) is 14.7. The molecule has 1 aromatic carbocycles. The molecule has 0 amide bonds. The lowest BCUT2D eigenvalue weighted by molar-refractivity contribution is 0.889. The van der Waals surface area contributed by atoms with E-state index in [1.54, 1.807) is 22.7 Å². The molecule has 21 heavy (non-hydrogen) atoms. The monoisotopic (exact) mass is 315 g/mol. The van der Waals surface area contributed by atoms with Gasteiger partial charge in [-0.3, -0.25) is 0 Å². The van der Waals surface area contributed by atoms with Gasteiger partial charge in [-0.05, 0) is 12.0 Å². The van der Waals surface area contributed by atoms with Gasteiger partial charge >= 0.3 is 0 Å². The van der Waals surface area contributed by atoms with Gasteiger partial charge in [-0.25, -0.2) is 9.97 Å². The van der Waals surface area contributed by atoms with Crippen LogP contribution in [0.1, 0.15) is 18.2 Å². The summed E-state index contributed by atoms with van der Waals surface area (Å²) in [6, 6.07) is 8.67. The molecule has 5 heteroatoms. The fourth-order valence-corrected chi connectivity index (χ4v) is 3.54. The third-order valence-corrected chi connectivity index (χ3v) is 5.13. The van der Waals surface area contributed by atoms with Crippen molar-refractivity contribution in [3.8, 4) is 10.6 Å². The molecule has 3 rings (SSSR count). The average molecular weight is 315 g/mol. The van der Waals surface area contributed by atoms with E-state index in [4.69, 9.17) is 4.98 Å². The van der Waals surface area contributed by atoms with Crippen molar-refractivity contribution in [2.75, 3.05) is 11.9 Å². The number of benzene rings is 1. The maximum atomic E-state index is 4.74. The Kier molecular flexibility index (Phi) is 4.31. The Morgan fingerprint density at radius 2 is 1.95 bits per heavy atom. The van der Waals surface area contributed by atoms with Gasteiger partial charge < -0.3 is 4.90 Å². The van der Waals surface area contributed by atoms with E-state index in [9.17, 15) is 0 Å². The fraction of sp³-hybridized carbons (Fsp3) is 0.250. The second kappa shape index (κ2) is 6.37. The number of nitrogens with zero attached hydrogens (tertiary/aromatic N) is 3. The zero-order valence-corrected chi connectivity index (χ0v) is 13.7. The van der Waals surface area contributed by atoms with Crippen LogP contribution in [0.4, 0.5) is 5.13 Å². The molecule has 3 nitrogen and oxygen atoms in total. The van der Waals surface area contributed by atoms with E-state index in [1.165, 1.54) is 11.1 Å². The molecule has 0 aliphatic carbocycles. The van der Waals surface area contributed by atoms with Crippen molar-refractivity contribution in [2.45, 2.75) is 19.9 Å². The van der Waals surface area contributed by atoms with Gasteiger partial charge in [-0.1, -0.05) is 31.2 Å². The molecule has 0 saturated heterocycles. The lowest BCUT2D eigenvalue weighted by Gasteiger charge is -2.13. The minimum atomic E-state index is 0.789. The third-order valence-electron chi connectivity index (χ3n) is 3.31. The molecule has 0 fully saturated rings. The van der Waals surface area contributed by atoms with Gasteiger partial charge in [0.1, 0.15) is 5.01 Å². The van der Waals surface area contributed by atoms with E-state index in [0.717, 1.165) is 28.8 Å². The molecule has 3 aromatic rings. The summed E-state index contributed by atoms with van der Waals surface area (Å²) < 4.78 is 0. The van der Waals surface area contributed by atoms with Crippen LogP contribution in [0.25, 0.3) is 10.6 Å². The van der Waals surface area contributed by atoms with E-state index in [1.807, 2.05) is 18.6 Å². The summed E-state index contributed by atoms with van der Waals surface area (Å²) in [6.07, 6.45) is 2.90. The van der Waals surface area contributed by atoms with Crippen molar-refractivity contribution in [3.05, 3.63) is 52.5 Å². The summed E-state index contributed by atoms with van der Waals surface area (Å²) in [6.45, 7) is 2.96. The first kappa shape index (κ1) is 14.2. The third kappa shape index (κ3) is 3.31. The standard InChI is InChI=1S/C16H17N3S2/c1-3-12-4-6-13(7-5-12)15-18-14(11-21-15)10-19(2)16-17-8-9-20-16/h4-9,11H,3,10H2,1-2H3. The van der Waals surface area contributed by atoms with Crippen LogP contribution >= 0.6 is 22.7 Å². The summed E-state index contributed by atoms with van der Waals surface area (Å²) >= 11 is 3.35. The number of aryl methyl sites for hydroxylation is 1. The number of anilines is 1. The van der Waals surface area contributed by atoms with Gasteiger partial charge in [0, 0.05) is 29.6 Å². The van der Waals surface area contributed by atoms with Crippen molar-refractivity contribution in [2.24, 2.45) is 0 Å². The first-order chi connectivity index (χ1) is 10.3. The summed E-state index contributed by atoms with van der Waals surface area (Å²) in [5.74, 6) is 0.